The highest BCUT2D eigenvalue weighted by atomic mass is 79.9. The van der Waals surface area contributed by atoms with Gasteiger partial charge in [0.2, 0.25) is 0 Å². The van der Waals surface area contributed by atoms with E-state index in [4.69, 9.17) is 16.3 Å². The van der Waals surface area contributed by atoms with Crippen LogP contribution in [0.25, 0.3) is 0 Å². The maximum absolute atomic E-state index is 9.36. The third kappa shape index (κ3) is 4.91. The summed E-state index contributed by atoms with van der Waals surface area (Å²) < 4.78 is 6.97. The second kappa shape index (κ2) is 8.28. The molecule has 5 heteroatoms. The zero-order valence-electron chi connectivity index (χ0n) is 13.4. The van der Waals surface area contributed by atoms with Gasteiger partial charge in [-0.3, -0.25) is 0 Å². The van der Waals surface area contributed by atoms with Crippen molar-refractivity contribution in [3.63, 3.8) is 0 Å². The van der Waals surface area contributed by atoms with Crippen LogP contribution in [0.2, 0.25) is 5.02 Å². The Balaban J connectivity index is 1.71. The molecule has 0 fully saturated rings. The Hall–Kier alpha value is -2.17. The summed E-state index contributed by atoms with van der Waals surface area (Å²) in [5, 5.41) is 13.4. The number of ether oxygens (including phenoxy) is 1. The van der Waals surface area contributed by atoms with Gasteiger partial charge in [0.05, 0.1) is 0 Å². The Bertz CT molecular complexity index is 853. The van der Waals surface area contributed by atoms with Crippen LogP contribution in [0.5, 0.6) is 11.5 Å². The van der Waals surface area contributed by atoms with Gasteiger partial charge in [0.1, 0.15) is 18.1 Å². The number of hydrogen-bond donors (Lipinski definition) is 2. The highest BCUT2D eigenvalue weighted by molar-refractivity contribution is 9.10. The van der Waals surface area contributed by atoms with Gasteiger partial charge in [-0.15, -0.1) is 0 Å². The van der Waals surface area contributed by atoms with Crippen LogP contribution >= 0.6 is 27.5 Å². The van der Waals surface area contributed by atoms with Crippen LogP contribution in [0.4, 0.5) is 5.69 Å². The molecule has 0 saturated heterocycles. The molecule has 0 atom stereocenters. The average Bonchev–Trinajstić information content (AvgIpc) is 2.62. The molecule has 3 aromatic carbocycles. The van der Waals surface area contributed by atoms with Crippen molar-refractivity contribution in [2.45, 2.75) is 13.2 Å². The van der Waals surface area contributed by atoms with Crippen LogP contribution < -0.4 is 10.1 Å². The largest absolute Gasteiger partial charge is 0.508 e. The zero-order chi connectivity index (χ0) is 17.6. The van der Waals surface area contributed by atoms with Crippen molar-refractivity contribution >= 4 is 33.2 Å². The van der Waals surface area contributed by atoms with Crippen molar-refractivity contribution in [1.29, 1.82) is 0 Å². The zero-order valence-corrected chi connectivity index (χ0v) is 15.7. The standard InChI is InChI=1S/C20H17BrClNO2/c21-16-5-10-20(25-13-14-3-1-2-4-19(14)22)15(11-16)12-23-17-6-8-18(24)9-7-17/h1-11,23-24H,12-13H2. The summed E-state index contributed by atoms with van der Waals surface area (Å²) in [7, 11) is 0. The summed E-state index contributed by atoms with van der Waals surface area (Å²) in [4.78, 5) is 0. The molecule has 0 saturated carbocycles. The van der Waals surface area contributed by atoms with Crippen LogP contribution in [-0.2, 0) is 13.2 Å². The molecule has 0 heterocycles. The number of hydrogen-bond acceptors (Lipinski definition) is 3. The van der Waals surface area contributed by atoms with Gasteiger partial charge in [-0.25, -0.2) is 0 Å². The molecule has 3 rings (SSSR count). The van der Waals surface area contributed by atoms with E-state index in [9.17, 15) is 5.11 Å². The minimum absolute atomic E-state index is 0.247. The molecule has 25 heavy (non-hydrogen) atoms. The van der Waals surface area contributed by atoms with E-state index in [1.165, 1.54) is 0 Å². The highest BCUT2D eigenvalue weighted by Gasteiger charge is 2.07. The third-order valence-corrected chi connectivity index (χ3v) is 4.58. The van der Waals surface area contributed by atoms with Crippen molar-refractivity contribution in [2.24, 2.45) is 0 Å². The van der Waals surface area contributed by atoms with Gasteiger partial charge in [-0.1, -0.05) is 45.7 Å². The molecule has 0 unspecified atom stereocenters. The number of phenols is 1. The molecule has 0 amide bonds. The van der Waals surface area contributed by atoms with E-state index in [0.29, 0.717) is 18.2 Å². The van der Waals surface area contributed by atoms with Crippen LogP contribution in [0.3, 0.4) is 0 Å². The SMILES string of the molecule is Oc1ccc(NCc2cc(Br)ccc2OCc2ccccc2Cl)cc1. The summed E-state index contributed by atoms with van der Waals surface area (Å²) in [6.07, 6.45) is 0. The molecular formula is C20H17BrClNO2. The summed E-state index contributed by atoms with van der Waals surface area (Å²) >= 11 is 9.69. The van der Waals surface area contributed by atoms with Gasteiger partial charge in [0, 0.05) is 32.9 Å². The van der Waals surface area contributed by atoms with Crippen molar-refractivity contribution in [3.8, 4) is 11.5 Å². The fraction of sp³-hybridized carbons (Fsp3) is 0.100. The van der Waals surface area contributed by atoms with Gasteiger partial charge in [-0.05, 0) is 48.5 Å². The molecule has 0 bridgehead atoms. The topological polar surface area (TPSA) is 41.5 Å². The minimum atomic E-state index is 0.247. The summed E-state index contributed by atoms with van der Waals surface area (Å²) in [6.45, 7) is 1.01. The van der Waals surface area contributed by atoms with Crippen molar-refractivity contribution in [3.05, 3.63) is 87.4 Å². The van der Waals surface area contributed by atoms with Crippen LogP contribution in [0.15, 0.2) is 71.2 Å². The second-order valence-corrected chi connectivity index (χ2v) is 6.86. The first-order chi connectivity index (χ1) is 12.1. The molecule has 0 aromatic heterocycles. The first kappa shape index (κ1) is 17.6. The molecule has 0 radical (unpaired) electrons. The average molecular weight is 419 g/mol. The number of anilines is 1. The Morgan fingerprint density at radius 3 is 2.48 bits per heavy atom. The van der Waals surface area contributed by atoms with Crippen molar-refractivity contribution in [2.75, 3.05) is 5.32 Å². The Morgan fingerprint density at radius 2 is 1.72 bits per heavy atom. The van der Waals surface area contributed by atoms with E-state index < -0.39 is 0 Å². The monoisotopic (exact) mass is 417 g/mol. The summed E-state index contributed by atoms with van der Waals surface area (Å²) in [5.41, 5.74) is 2.90. The second-order valence-electron chi connectivity index (χ2n) is 5.53. The fourth-order valence-corrected chi connectivity index (χ4v) is 2.97. The van der Waals surface area contributed by atoms with Gasteiger partial charge >= 0.3 is 0 Å². The van der Waals surface area contributed by atoms with Gasteiger partial charge in [0.25, 0.3) is 0 Å². The van der Waals surface area contributed by atoms with Crippen molar-refractivity contribution in [1.82, 2.24) is 0 Å². The predicted molar refractivity (Wildman–Crippen MR) is 105 cm³/mol. The Labute approximate surface area is 160 Å². The molecular weight excluding hydrogens is 402 g/mol. The number of phenolic OH excluding ortho intramolecular Hbond substituents is 1. The number of halogens is 2. The molecule has 2 N–H and O–H groups in total. The highest BCUT2D eigenvalue weighted by Crippen LogP contribution is 2.26. The maximum atomic E-state index is 9.36. The first-order valence-electron chi connectivity index (χ1n) is 7.79. The third-order valence-electron chi connectivity index (χ3n) is 3.71. The lowest BCUT2D eigenvalue weighted by atomic mass is 10.2. The Kier molecular flexibility index (Phi) is 5.84. The molecule has 0 spiro atoms. The normalized spacial score (nSPS) is 10.5. The van der Waals surface area contributed by atoms with Crippen LogP contribution in [-0.4, -0.2) is 5.11 Å². The maximum Gasteiger partial charge on any atom is 0.124 e. The van der Waals surface area contributed by atoms with E-state index >= 15 is 0 Å². The minimum Gasteiger partial charge on any atom is -0.508 e. The number of aromatic hydroxyl groups is 1. The number of rotatable bonds is 6. The van der Waals surface area contributed by atoms with E-state index in [2.05, 4.69) is 21.2 Å². The predicted octanol–water partition coefficient (Wildman–Crippen LogP) is 6.00. The fourth-order valence-electron chi connectivity index (χ4n) is 2.37. The number of benzene rings is 3. The van der Waals surface area contributed by atoms with Gasteiger partial charge in [-0.2, -0.15) is 0 Å². The number of nitrogens with one attached hydrogen (secondary N) is 1. The molecule has 0 aliphatic carbocycles. The summed E-state index contributed by atoms with van der Waals surface area (Å²) in [6, 6.07) is 20.5. The van der Waals surface area contributed by atoms with E-state index in [0.717, 1.165) is 27.0 Å². The smallest absolute Gasteiger partial charge is 0.124 e. The first-order valence-corrected chi connectivity index (χ1v) is 8.96. The van der Waals surface area contributed by atoms with E-state index in [-0.39, 0.29) is 5.75 Å². The lowest BCUT2D eigenvalue weighted by Gasteiger charge is -2.14. The van der Waals surface area contributed by atoms with Crippen molar-refractivity contribution < 1.29 is 9.84 Å². The Morgan fingerprint density at radius 1 is 0.960 bits per heavy atom. The lowest BCUT2D eigenvalue weighted by Crippen LogP contribution is -2.04. The lowest BCUT2D eigenvalue weighted by molar-refractivity contribution is 0.303. The van der Waals surface area contributed by atoms with Crippen LogP contribution in [0.1, 0.15) is 11.1 Å². The molecule has 3 nitrogen and oxygen atoms in total. The summed E-state index contributed by atoms with van der Waals surface area (Å²) in [5.74, 6) is 1.05. The molecule has 3 aromatic rings. The molecule has 0 aliphatic heterocycles. The van der Waals surface area contributed by atoms with E-state index in [1.54, 1.807) is 12.1 Å². The van der Waals surface area contributed by atoms with E-state index in [1.807, 2.05) is 54.6 Å². The quantitative estimate of drug-likeness (QED) is 0.482. The molecule has 0 aliphatic rings. The van der Waals surface area contributed by atoms with Gasteiger partial charge < -0.3 is 15.2 Å². The van der Waals surface area contributed by atoms with Crippen LogP contribution in [0, 0.1) is 0 Å². The van der Waals surface area contributed by atoms with Gasteiger partial charge in [0.15, 0.2) is 0 Å². The molecule has 128 valence electrons.